The molecular formula is C12H17NO4. The number of carboxylic acid groups (broad SMARTS) is 1. The average Bonchev–Trinajstić information content (AvgIpc) is 2.30. The Hall–Kier alpha value is -1.62. The van der Waals surface area contributed by atoms with E-state index in [4.69, 9.17) is 10.2 Å². The molecule has 0 aliphatic rings. The maximum Gasteiger partial charge on any atom is 0.341 e. The van der Waals surface area contributed by atoms with Crippen LogP contribution < -0.4 is 5.43 Å². The van der Waals surface area contributed by atoms with Crippen LogP contribution in [0, 0.1) is 0 Å². The van der Waals surface area contributed by atoms with E-state index in [2.05, 4.69) is 0 Å². The zero-order valence-corrected chi connectivity index (χ0v) is 9.63. The molecule has 1 aromatic heterocycles. The molecule has 0 aliphatic heterocycles. The number of hydrogen-bond acceptors (Lipinski definition) is 3. The number of carboxylic acids is 1. The third-order valence-electron chi connectivity index (χ3n) is 2.53. The summed E-state index contributed by atoms with van der Waals surface area (Å²) in [6.07, 6.45) is 6.61. The summed E-state index contributed by atoms with van der Waals surface area (Å²) in [5.41, 5.74) is -0.656. The summed E-state index contributed by atoms with van der Waals surface area (Å²) in [6.45, 7) is 0.896. The Balaban J connectivity index is 2.52. The monoisotopic (exact) mass is 239 g/mol. The second-order valence-electron chi connectivity index (χ2n) is 3.90. The van der Waals surface area contributed by atoms with Crippen LogP contribution in [0.5, 0.6) is 0 Å². The van der Waals surface area contributed by atoms with Crippen molar-refractivity contribution < 1.29 is 15.0 Å². The second kappa shape index (κ2) is 6.85. The van der Waals surface area contributed by atoms with Crippen molar-refractivity contribution in [2.24, 2.45) is 0 Å². The largest absolute Gasteiger partial charge is 0.477 e. The van der Waals surface area contributed by atoms with Crippen molar-refractivity contribution in [3.63, 3.8) is 0 Å². The van der Waals surface area contributed by atoms with Gasteiger partial charge in [-0.05, 0) is 12.8 Å². The van der Waals surface area contributed by atoms with Gasteiger partial charge in [-0.1, -0.05) is 12.8 Å². The fourth-order valence-electron chi connectivity index (χ4n) is 1.59. The Morgan fingerprint density at radius 3 is 2.59 bits per heavy atom. The van der Waals surface area contributed by atoms with Gasteiger partial charge < -0.3 is 14.8 Å². The molecule has 0 amide bonds. The summed E-state index contributed by atoms with van der Waals surface area (Å²) < 4.78 is 1.71. The number of aromatic nitrogens is 1. The predicted molar refractivity (Wildman–Crippen MR) is 63.2 cm³/mol. The highest BCUT2D eigenvalue weighted by molar-refractivity contribution is 5.86. The number of aliphatic hydroxyl groups is 1. The van der Waals surface area contributed by atoms with E-state index < -0.39 is 11.4 Å². The Morgan fingerprint density at radius 2 is 1.94 bits per heavy atom. The third kappa shape index (κ3) is 4.40. The lowest BCUT2D eigenvalue weighted by atomic mass is 10.2. The fraction of sp³-hybridized carbons (Fsp3) is 0.500. The van der Waals surface area contributed by atoms with E-state index in [0.717, 1.165) is 25.7 Å². The first-order chi connectivity index (χ1) is 8.15. The number of unbranched alkanes of at least 4 members (excludes halogenated alkanes) is 3. The van der Waals surface area contributed by atoms with Crippen molar-refractivity contribution in [3.8, 4) is 0 Å². The number of aromatic carboxylic acids is 1. The lowest BCUT2D eigenvalue weighted by Gasteiger charge is -2.06. The number of hydrogen-bond donors (Lipinski definition) is 2. The first-order valence-electron chi connectivity index (χ1n) is 5.69. The third-order valence-corrected chi connectivity index (χ3v) is 2.53. The number of nitrogens with zero attached hydrogens (tertiary/aromatic N) is 1. The minimum atomic E-state index is -1.19. The molecule has 1 aromatic rings. The van der Waals surface area contributed by atoms with Gasteiger partial charge in [0.2, 0.25) is 0 Å². The molecule has 1 heterocycles. The van der Waals surface area contributed by atoms with Crippen molar-refractivity contribution in [2.75, 3.05) is 6.61 Å². The molecule has 0 radical (unpaired) electrons. The zero-order valence-electron chi connectivity index (χ0n) is 9.63. The molecule has 0 saturated carbocycles. The van der Waals surface area contributed by atoms with E-state index in [1.807, 2.05) is 0 Å². The number of pyridine rings is 1. The van der Waals surface area contributed by atoms with Crippen LogP contribution in [0.1, 0.15) is 36.0 Å². The van der Waals surface area contributed by atoms with Crippen molar-refractivity contribution in [2.45, 2.75) is 32.2 Å². The van der Waals surface area contributed by atoms with Crippen LogP contribution in [0.15, 0.2) is 23.3 Å². The quantitative estimate of drug-likeness (QED) is 0.698. The smallest absolute Gasteiger partial charge is 0.341 e. The number of aryl methyl sites for hydroxylation is 1. The molecule has 0 saturated heterocycles. The molecule has 0 spiro atoms. The summed E-state index contributed by atoms with van der Waals surface area (Å²) in [4.78, 5) is 22.0. The Labute approximate surface area is 99.3 Å². The Kier molecular flexibility index (Phi) is 5.42. The predicted octanol–water partition coefficient (Wildman–Crippen LogP) is 1.10. The highest BCUT2D eigenvalue weighted by Crippen LogP contribution is 2.02. The van der Waals surface area contributed by atoms with E-state index in [9.17, 15) is 9.59 Å². The molecule has 0 atom stereocenters. The minimum absolute atomic E-state index is 0.192. The van der Waals surface area contributed by atoms with Gasteiger partial charge in [-0.2, -0.15) is 0 Å². The standard InChI is InChI=1S/C12H17NO4/c14-8-4-2-1-3-6-13-7-5-11(15)10(9-13)12(16)17/h5,7,9,14H,1-4,6,8H2,(H,16,17). The van der Waals surface area contributed by atoms with Gasteiger partial charge in [0, 0.05) is 31.6 Å². The number of rotatable bonds is 7. The van der Waals surface area contributed by atoms with Crippen LogP contribution in [0.3, 0.4) is 0 Å². The van der Waals surface area contributed by atoms with Gasteiger partial charge in [-0.25, -0.2) is 4.79 Å². The molecule has 0 aromatic carbocycles. The van der Waals surface area contributed by atoms with Gasteiger partial charge in [-0.3, -0.25) is 4.79 Å². The van der Waals surface area contributed by atoms with Gasteiger partial charge in [0.1, 0.15) is 5.56 Å². The van der Waals surface area contributed by atoms with E-state index in [1.54, 1.807) is 10.8 Å². The fourth-order valence-corrected chi connectivity index (χ4v) is 1.59. The molecular weight excluding hydrogens is 222 g/mol. The van der Waals surface area contributed by atoms with E-state index in [0.29, 0.717) is 6.54 Å². The van der Waals surface area contributed by atoms with Gasteiger partial charge in [0.05, 0.1) is 0 Å². The molecule has 0 unspecified atom stereocenters. The van der Waals surface area contributed by atoms with Crippen LogP contribution in [-0.4, -0.2) is 27.4 Å². The number of aliphatic hydroxyl groups excluding tert-OH is 1. The van der Waals surface area contributed by atoms with Crippen molar-refractivity contribution in [3.05, 3.63) is 34.2 Å². The van der Waals surface area contributed by atoms with Crippen molar-refractivity contribution in [1.29, 1.82) is 0 Å². The van der Waals surface area contributed by atoms with Crippen LogP contribution in [0.25, 0.3) is 0 Å². The number of carbonyl (C=O) groups is 1. The topological polar surface area (TPSA) is 79.5 Å². The lowest BCUT2D eigenvalue weighted by Crippen LogP contribution is -2.16. The molecule has 0 fully saturated rings. The van der Waals surface area contributed by atoms with Gasteiger partial charge in [0.15, 0.2) is 5.43 Å². The SMILES string of the molecule is O=C(O)c1cn(CCCCCCO)ccc1=O. The molecule has 94 valence electrons. The highest BCUT2D eigenvalue weighted by atomic mass is 16.4. The maximum atomic E-state index is 11.2. The molecule has 0 bridgehead atoms. The molecule has 0 aliphatic carbocycles. The molecule has 5 nitrogen and oxygen atoms in total. The van der Waals surface area contributed by atoms with Gasteiger partial charge in [-0.15, -0.1) is 0 Å². The van der Waals surface area contributed by atoms with Crippen molar-refractivity contribution >= 4 is 5.97 Å². The first kappa shape index (κ1) is 13.4. The zero-order chi connectivity index (χ0) is 12.7. The molecule has 1 rings (SSSR count). The summed E-state index contributed by atoms with van der Waals surface area (Å²) in [5, 5.41) is 17.4. The van der Waals surface area contributed by atoms with Gasteiger partial charge >= 0.3 is 5.97 Å². The first-order valence-corrected chi connectivity index (χ1v) is 5.69. The molecule has 2 N–H and O–H groups in total. The van der Waals surface area contributed by atoms with E-state index in [1.165, 1.54) is 12.3 Å². The highest BCUT2D eigenvalue weighted by Gasteiger charge is 2.07. The normalized spacial score (nSPS) is 10.4. The van der Waals surface area contributed by atoms with Crippen LogP contribution in [-0.2, 0) is 6.54 Å². The second-order valence-corrected chi connectivity index (χ2v) is 3.90. The summed E-state index contributed by atoms with van der Waals surface area (Å²) >= 11 is 0. The summed E-state index contributed by atoms with van der Waals surface area (Å²) in [5.74, 6) is -1.19. The summed E-state index contributed by atoms with van der Waals surface area (Å²) in [7, 11) is 0. The Morgan fingerprint density at radius 1 is 1.24 bits per heavy atom. The van der Waals surface area contributed by atoms with Gasteiger partial charge in [0.25, 0.3) is 0 Å². The van der Waals surface area contributed by atoms with E-state index >= 15 is 0 Å². The maximum absolute atomic E-state index is 11.2. The van der Waals surface area contributed by atoms with Crippen LogP contribution in [0.2, 0.25) is 0 Å². The van der Waals surface area contributed by atoms with Crippen molar-refractivity contribution in [1.82, 2.24) is 4.57 Å². The van der Waals surface area contributed by atoms with E-state index in [-0.39, 0.29) is 12.2 Å². The molecule has 17 heavy (non-hydrogen) atoms. The van der Waals surface area contributed by atoms with Crippen LogP contribution >= 0.6 is 0 Å². The van der Waals surface area contributed by atoms with Crippen LogP contribution in [0.4, 0.5) is 0 Å². The Bertz CT molecular complexity index is 425. The minimum Gasteiger partial charge on any atom is -0.477 e. The summed E-state index contributed by atoms with van der Waals surface area (Å²) in [6, 6.07) is 1.27. The lowest BCUT2D eigenvalue weighted by molar-refractivity contribution is 0.0694. The molecule has 5 heteroatoms. The average molecular weight is 239 g/mol.